The smallest absolute Gasteiger partial charge is 0.123 e. The van der Waals surface area contributed by atoms with Crippen LogP contribution >= 0.6 is 23.2 Å². The van der Waals surface area contributed by atoms with Gasteiger partial charge in [-0.15, -0.1) is 0 Å². The third-order valence-electron chi connectivity index (χ3n) is 3.35. The molecule has 0 fully saturated rings. The molecule has 0 aliphatic carbocycles. The zero-order chi connectivity index (χ0) is 15.4. The Balaban J connectivity index is 1.99. The molecule has 1 atom stereocenters. The Bertz CT molecular complexity index is 604. The lowest BCUT2D eigenvalue weighted by Gasteiger charge is -2.21. The summed E-state index contributed by atoms with van der Waals surface area (Å²) in [6.45, 7) is 0.607. The van der Waals surface area contributed by atoms with Gasteiger partial charge >= 0.3 is 0 Å². The van der Waals surface area contributed by atoms with Gasteiger partial charge in [-0.1, -0.05) is 35.3 Å². The summed E-state index contributed by atoms with van der Waals surface area (Å²) in [4.78, 5) is 1.95. The van der Waals surface area contributed by atoms with Crippen LogP contribution in [0.15, 0.2) is 42.5 Å². The van der Waals surface area contributed by atoms with Crippen LogP contribution in [0.2, 0.25) is 10.0 Å². The molecule has 0 aliphatic rings. The minimum Gasteiger partial charge on any atom is -0.388 e. The van der Waals surface area contributed by atoms with E-state index in [1.165, 1.54) is 12.1 Å². The van der Waals surface area contributed by atoms with E-state index >= 15 is 0 Å². The maximum atomic E-state index is 12.9. The molecule has 112 valence electrons. The van der Waals surface area contributed by atoms with Gasteiger partial charge in [0.1, 0.15) is 5.82 Å². The lowest BCUT2D eigenvalue weighted by atomic mass is 10.1. The highest BCUT2D eigenvalue weighted by Gasteiger charge is 2.14. The molecule has 1 N–H and O–H groups in total. The minimum atomic E-state index is -0.695. The highest BCUT2D eigenvalue weighted by molar-refractivity contribution is 6.42. The fraction of sp³-hybridized carbons (Fsp3) is 0.250. The number of anilines is 1. The van der Waals surface area contributed by atoms with Crippen molar-refractivity contribution in [3.05, 3.63) is 63.9 Å². The van der Waals surface area contributed by atoms with Crippen molar-refractivity contribution in [2.24, 2.45) is 0 Å². The molecule has 2 aromatic carbocycles. The molecule has 5 heteroatoms. The van der Waals surface area contributed by atoms with E-state index in [4.69, 9.17) is 23.2 Å². The summed E-state index contributed by atoms with van der Waals surface area (Å²) >= 11 is 12.0. The molecule has 0 aliphatic heterocycles. The van der Waals surface area contributed by atoms with Gasteiger partial charge in [-0.3, -0.25) is 0 Å². The Hall–Kier alpha value is -1.29. The van der Waals surface area contributed by atoms with Crippen LogP contribution in [0.5, 0.6) is 0 Å². The summed E-state index contributed by atoms with van der Waals surface area (Å²) in [6, 6.07) is 11.4. The average Bonchev–Trinajstić information content (AvgIpc) is 2.48. The third kappa shape index (κ3) is 4.10. The molecule has 0 heterocycles. The molecule has 0 amide bonds. The van der Waals surface area contributed by atoms with Crippen molar-refractivity contribution >= 4 is 28.9 Å². The van der Waals surface area contributed by atoms with E-state index in [9.17, 15) is 9.50 Å². The van der Waals surface area contributed by atoms with Crippen molar-refractivity contribution in [1.82, 2.24) is 0 Å². The highest BCUT2D eigenvalue weighted by atomic mass is 35.5. The number of halogens is 3. The molecule has 0 saturated carbocycles. The predicted octanol–water partition coefficient (Wildman–Crippen LogP) is 4.69. The van der Waals surface area contributed by atoms with Crippen molar-refractivity contribution in [3.63, 3.8) is 0 Å². The van der Waals surface area contributed by atoms with Gasteiger partial charge < -0.3 is 10.0 Å². The standard InChI is InChI=1S/C16H16Cl2FNO/c1-20(12-7-5-11(19)6-8-12)10-9-15(21)13-3-2-4-14(17)16(13)18/h2-8,15,21H,9-10H2,1H3. The summed E-state index contributed by atoms with van der Waals surface area (Å²) in [7, 11) is 1.89. The SMILES string of the molecule is CN(CCC(O)c1cccc(Cl)c1Cl)c1ccc(F)cc1. The number of aliphatic hydroxyl groups excluding tert-OH is 1. The first-order valence-corrected chi connectivity index (χ1v) is 7.33. The Morgan fingerprint density at radius 1 is 1.14 bits per heavy atom. The van der Waals surface area contributed by atoms with Crippen molar-refractivity contribution in [3.8, 4) is 0 Å². The second-order valence-corrected chi connectivity index (χ2v) is 5.63. The Morgan fingerprint density at radius 2 is 1.81 bits per heavy atom. The van der Waals surface area contributed by atoms with E-state index in [1.807, 2.05) is 11.9 Å². The van der Waals surface area contributed by atoms with Gasteiger partial charge in [0.05, 0.1) is 16.1 Å². The molecule has 0 saturated heterocycles. The van der Waals surface area contributed by atoms with Crippen LogP contribution < -0.4 is 4.90 Å². The first kappa shape index (κ1) is 16.1. The van der Waals surface area contributed by atoms with E-state index in [2.05, 4.69) is 0 Å². The van der Waals surface area contributed by atoms with Gasteiger partial charge in [-0.2, -0.15) is 0 Å². The van der Waals surface area contributed by atoms with Gasteiger partial charge in [0.25, 0.3) is 0 Å². The number of rotatable bonds is 5. The molecule has 21 heavy (non-hydrogen) atoms. The molecule has 2 nitrogen and oxygen atoms in total. The van der Waals surface area contributed by atoms with Crippen LogP contribution in [0, 0.1) is 5.82 Å². The Morgan fingerprint density at radius 3 is 2.48 bits per heavy atom. The maximum Gasteiger partial charge on any atom is 0.123 e. The zero-order valence-electron chi connectivity index (χ0n) is 11.6. The average molecular weight is 328 g/mol. The van der Waals surface area contributed by atoms with Crippen molar-refractivity contribution < 1.29 is 9.50 Å². The first-order chi connectivity index (χ1) is 9.99. The fourth-order valence-electron chi connectivity index (χ4n) is 2.07. The van der Waals surface area contributed by atoms with Crippen molar-refractivity contribution in [2.45, 2.75) is 12.5 Å². The summed E-state index contributed by atoms with van der Waals surface area (Å²) in [5.41, 5.74) is 1.51. The predicted molar refractivity (Wildman–Crippen MR) is 85.7 cm³/mol. The summed E-state index contributed by atoms with van der Waals surface area (Å²) < 4.78 is 12.9. The van der Waals surface area contributed by atoms with Crippen LogP contribution in [0.1, 0.15) is 18.1 Å². The molecule has 2 aromatic rings. The molecular weight excluding hydrogens is 312 g/mol. The van der Waals surface area contributed by atoms with Gasteiger partial charge in [-0.25, -0.2) is 4.39 Å². The second-order valence-electron chi connectivity index (χ2n) is 4.85. The monoisotopic (exact) mass is 327 g/mol. The second kappa shape index (κ2) is 7.12. The van der Waals surface area contributed by atoms with Gasteiger partial charge in [0, 0.05) is 24.8 Å². The van der Waals surface area contributed by atoms with E-state index in [0.29, 0.717) is 28.6 Å². The highest BCUT2D eigenvalue weighted by Crippen LogP contribution is 2.31. The van der Waals surface area contributed by atoms with Crippen LogP contribution in [-0.4, -0.2) is 18.7 Å². The van der Waals surface area contributed by atoms with Crippen LogP contribution in [0.25, 0.3) is 0 Å². The third-order valence-corrected chi connectivity index (χ3v) is 4.18. The van der Waals surface area contributed by atoms with Crippen LogP contribution in [-0.2, 0) is 0 Å². The van der Waals surface area contributed by atoms with Gasteiger partial charge in [0.15, 0.2) is 0 Å². The lowest BCUT2D eigenvalue weighted by Crippen LogP contribution is -2.20. The van der Waals surface area contributed by atoms with Crippen LogP contribution in [0.3, 0.4) is 0 Å². The normalized spacial score (nSPS) is 12.2. The number of aliphatic hydroxyl groups is 1. The quantitative estimate of drug-likeness (QED) is 0.860. The van der Waals surface area contributed by atoms with E-state index < -0.39 is 6.10 Å². The van der Waals surface area contributed by atoms with Gasteiger partial charge in [-0.05, 0) is 36.8 Å². The molecule has 1 unspecified atom stereocenters. The number of hydrogen-bond acceptors (Lipinski definition) is 2. The molecular formula is C16H16Cl2FNO. The maximum absolute atomic E-state index is 12.9. The van der Waals surface area contributed by atoms with E-state index in [0.717, 1.165) is 5.69 Å². The van der Waals surface area contributed by atoms with Crippen LogP contribution in [0.4, 0.5) is 10.1 Å². The summed E-state index contributed by atoms with van der Waals surface area (Å²) in [6.07, 6.45) is -0.201. The van der Waals surface area contributed by atoms with Crippen molar-refractivity contribution in [1.29, 1.82) is 0 Å². The topological polar surface area (TPSA) is 23.5 Å². The number of hydrogen-bond donors (Lipinski definition) is 1. The molecule has 0 radical (unpaired) electrons. The lowest BCUT2D eigenvalue weighted by molar-refractivity contribution is 0.170. The zero-order valence-corrected chi connectivity index (χ0v) is 13.1. The first-order valence-electron chi connectivity index (χ1n) is 6.57. The molecule has 0 spiro atoms. The molecule has 0 bridgehead atoms. The fourth-order valence-corrected chi connectivity index (χ4v) is 2.51. The molecule has 0 aromatic heterocycles. The Kier molecular flexibility index (Phi) is 5.45. The summed E-state index contributed by atoms with van der Waals surface area (Å²) in [5, 5.41) is 11.1. The van der Waals surface area contributed by atoms with Crippen molar-refractivity contribution in [2.75, 3.05) is 18.5 Å². The summed E-state index contributed by atoms with van der Waals surface area (Å²) in [5.74, 6) is -0.266. The van der Waals surface area contributed by atoms with Gasteiger partial charge in [0.2, 0.25) is 0 Å². The largest absolute Gasteiger partial charge is 0.388 e. The minimum absolute atomic E-state index is 0.266. The molecule has 2 rings (SSSR count). The number of benzene rings is 2. The Labute approximate surface area is 133 Å². The number of nitrogens with zero attached hydrogens (tertiary/aromatic N) is 1. The van der Waals surface area contributed by atoms with E-state index in [-0.39, 0.29) is 5.82 Å². The van der Waals surface area contributed by atoms with E-state index in [1.54, 1.807) is 30.3 Å².